The maximum atomic E-state index is 5.34. The van der Waals surface area contributed by atoms with Crippen LogP contribution in [-0.2, 0) is 10.8 Å². The standard InChI is InChI=1S/C60H49N3/c1-59(2)52-19-11-10-18-47(52)48-25-26-49-51-34-41(24-27-53(51)60(55(49)54(48)59)42-29-35-28-36(31-42)32-43(60)30-35)58-62-56(38-12-4-3-5-13-38)61-57(63-58)39-22-20-37(21-23-39)50-33-40-14-6-7-15-44(40)45-16-8-9-17-46(45)50/h3-27,33-36,40,42-44H,28-32H2,1-2H3. The van der Waals surface area contributed by atoms with E-state index in [2.05, 4.69) is 178 Å². The second kappa shape index (κ2) is 13.0. The average molecular weight is 812 g/mol. The van der Waals surface area contributed by atoms with E-state index in [0.717, 1.165) is 34.4 Å². The van der Waals surface area contributed by atoms with Crippen molar-refractivity contribution >= 4 is 5.57 Å². The molecule has 4 saturated carbocycles. The molecule has 3 nitrogen and oxygen atoms in total. The lowest BCUT2D eigenvalue weighted by Gasteiger charge is -2.61. The van der Waals surface area contributed by atoms with Crippen molar-refractivity contribution < 1.29 is 0 Å². The number of hydrogen-bond acceptors (Lipinski definition) is 3. The number of fused-ring (bicyclic) bond motifs is 10. The summed E-state index contributed by atoms with van der Waals surface area (Å²) in [6, 6.07) is 49.7. The number of rotatable bonds is 4. The zero-order chi connectivity index (χ0) is 41.6. The van der Waals surface area contributed by atoms with Gasteiger partial charge < -0.3 is 0 Å². The van der Waals surface area contributed by atoms with Gasteiger partial charge in [0.1, 0.15) is 0 Å². The number of nitrogens with zero attached hydrogens (tertiary/aromatic N) is 3. The molecule has 0 radical (unpaired) electrons. The van der Waals surface area contributed by atoms with E-state index in [9.17, 15) is 0 Å². The minimum Gasteiger partial charge on any atom is -0.208 e. The van der Waals surface area contributed by atoms with Crippen molar-refractivity contribution in [1.82, 2.24) is 15.0 Å². The Labute approximate surface area is 370 Å². The molecule has 0 aliphatic heterocycles. The molecule has 3 heteroatoms. The Morgan fingerprint density at radius 2 is 1.05 bits per heavy atom. The largest absolute Gasteiger partial charge is 0.208 e. The van der Waals surface area contributed by atoms with Gasteiger partial charge in [-0.25, -0.2) is 15.0 Å². The van der Waals surface area contributed by atoms with Crippen molar-refractivity contribution in [2.24, 2.45) is 29.6 Å². The van der Waals surface area contributed by atoms with E-state index < -0.39 is 0 Å². The molecule has 63 heavy (non-hydrogen) atoms. The van der Waals surface area contributed by atoms with E-state index in [-0.39, 0.29) is 10.8 Å². The van der Waals surface area contributed by atoms with E-state index in [4.69, 9.17) is 15.0 Å². The van der Waals surface area contributed by atoms with Gasteiger partial charge in [0, 0.05) is 39.4 Å². The first-order valence-electron chi connectivity index (χ1n) is 23.4. The summed E-state index contributed by atoms with van der Waals surface area (Å²) in [4.78, 5) is 15.8. The maximum absolute atomic E-state index is 5.34. The predicted molar refractivity (Wildman–Crippen MR) is 255 cm³/mol. The summed E-state index contributed by atoms with van der Waals surface area (Å²) in [5.74, 6) is 5.96. The Kier molecular flexibility index (Phi) is 7.47. The minimum absolute atomic E-state index is 0.0433. The monoisotopic (exact) mass is 811 g/mol. The Morgan fingerprint density at radius 1 is 0.460 bits per heavy atom. The summed E-state index contributed by atoms with van der Waals surface area (Å²) in [5.41, 5.74) is 20.2. The maximum Gasteiger partial charge on any atom is 0.164 e. The van der Waals surface area contributed by atoms with Crippen molar-refractivity contribution in [3.05, 3.63) is 203 Å². The average Bonchev–Trinajstić information content (AvgIpc) is 3.75. The highest BCUT2D eigenvalue weighted by molar-refractivity contribution is 5.93. The predicted octanol–water partition coefficient (Wildman–Crippen LogP) is 14.2. The van der Waals surface area contributed by atoms with Crippen LogP contribution in [0.3, 0.4) is 0 Å². The van der Waals surface area contributed by atoms with Gasteiger partial charge in [-0.3, -0.25) is 0 Å². The van der Waals surface area contributed by atoms with Crippen LogP contribution in [0.2, 0.25) is 0 Å². The molecule has 0 N–H and O–H groups in total. The SMILES string of the molecule is CC1(C)c2ccccc2-c2ccc3c(c21)C1(c2ccc(-c4nc(-c5ccccc5)nc(-c5ccc(C6=CC7C=CC=CC7c7ccccc76)cc5)n4)cc2-3)C2CC3CC(C2)CC1C3. The molecule has 15 rings (SSSR count). The lowest BCUT2D eigenvalue weighted by atomic mass is 9.42. The van der Waals surface area contributed by atoms with Crippen molar-refractivity contribution in [3.63, 3.8) is 0 Å². The van der Waals surface area contributed by atoms with Crippen LogP contribution in [0.4, 0.5) is 0 Å². The molecular formula is C60H49N3. The Hall–Kier alpha value is -6.45. The minimum atomic E-state index is -0.0728. The number of benzene rings is 6. The fourth-order valence-electron chi connectivity index (χ4n) is 14.5. The fourth-order valence-corrected chi connectivity index (χ4v) is 14.5. The lowest BCUT2D eigenvalue weighted by Crippen LogP contribution is -2.55. The van der Waals surface area contributed by atoms with Gasteiger partial charge in [-0.2, -0.15) is 0 Å². The Morgan fingerprint density at radius 3 is 1.79 bits per heavy atom. The molecular weight excluding hydrogens is 763 g/mol. The van der Waals surface area contributed by atoms with Crippen LogP contribution in [0, 0.1) is 29.6 Å². The van der Waals surface area contributed by atoms with Gasteiger partial charge in [0.25, 0.3) is 0 Å². The third-order valence-electron chi connectivity index (χ3n) is 16.8. The first kappa shape index (κ1) is 36.1. The quantitative estimate of drug-likeness (QED) is 0.178. The fraction of sp³-hybridized carbons (Fsp3) is 0.250. The number of allylic oxidation sites excluding steroid dienone is 5. The van der Waals surface area contributed by atoms with Crippen molar-refractivity contribution in [2.45, 2.75) is 62.7 Å². The van der Waals surface area contributed by atoms with Gasteiger partial charge in [0.15, 0.2) is 17.5 Å². The first-order chi connectivity index (χ1) is 30.9. The van der Waals surface area contributed by atoms with Crippen molar-refractivity contribution in [1.29, 1.82) is 0 Å². The molecule has 2 unspecified atom stereocenters. The molecule has 4 fully saturated rings. The molecule has 1 heterocycles. The van der Waals surface area contributed by atoms with E-state index in [1.54, 1.807) is 16.7 Å². The zero-order valence-electron chi connectivity index (χ0n) is 35.9. The van der Waals surface area contributed by atoms with Crippen LogP contribution in [0.15, 0.2) is 164 Å². The first-order valence-corrected chi connectivity index (χ1v) is 23.4. The lowest BCUT2D eigenvalue weighted by molar-refractivity contribution is -0.0404. The molecule has 8 aliphatic rings. The van der Waals surface area contributed by atoms with E-state index in [1.165, 1.54) is 82.2 Å². The smallest absolute Gasteiger partial charge is 0.164 e. The summed E-state index contributed by atoms with van der Waals surface area (Å²) >= 11 is 0. The van der Waals surface area contributed by atoms with Gasteiger partial charge in [0.05, 0.1) is 0 Å². The molecule has 0 saturated heterocycles. The molecule has 8 aliphatic carbocycles. The molecule has 4 bridgehead atoms. The molecule has 2 atom stereocenters. The van der Waals surface area contributed by atoms with Crippen molar-refractivity contribution in [3.8, 4) is 56.4 Å². The van der Waals surface area contributed by atoms with Gasteiger partial charge in [-0.15, -0.1) is 0 Å². The summed E-state index contributed by atoms with van der Waals surface area (Å²) in [6.45, 7) is 4.98. The van der Waals surface area contributed by atoms with Crippen LogP contribution in [0.1, 0.15) is 90.8 Å². The van der Waals surface area contributed by atoms with Crippen molar-refractivity contribution in [2.75, 3.05) is 0 Å². The molecule has 6 aromatic carbocycles. The van der Waals surface area contributed by atoms with Gasteiger partial charge in [-0.05, 0) is 129 Å². The van der Waals surface area contributed by atoms with Crippen LogP contribution in [-0.4, -0.2) is 15.0 Å². The third kappa shape index (κ3) is 5.00. The third-order valence-corrected chi connectivity index (χ3v) is 16.8. The summed E-state index contributed by atoms with van der Waals surface area (Å²) in [7, 11) is 0. The molecule has 304 valence electrons. The Balaban J connectivity index is 0.917. The number of hydrogen-bond donors (Lipinski definition) is 0. The second-order valence-electron chi connectivity index (χ2n) is 20.3. The van der Waals surface area contributed by atoms with Crippen LogP contribution in [0.5, 0.6) is 0 Å². The molecule has 1 aromatic heterocycles. The summed E-state index contributed by atoms with van der Waals surface area (Å²) < 4.78 is 0. The molecule has 1 spiro atoms. The summed E-state index contributed by atoms with van der Waals surface area (Å²) in [6.07, 6.45) is 18.4. The van der Waals surface area contributed by atoms with E-state index >= 15 is 0 Å². The van der Waals surface area contributed by atoms with Crippen LogP contribution >= 0.6 is 0 Å². The highest BCUT2D eigenvalue weighted by Gasteiger charge is 2.63. The van der Waals surface area contributed by atoms with E-state index in [0.29, 0.717) is 35.3 Å². The Bertz CT molecular complexity index is 3140. The topological polar surface area (TPSA) is 38.7 Å². The van der Waals surface area contributed by atoms with Crippen LogP contribution < -0.4 is 0 Å². The van der Waals surface area contributed by atoms with Gasteiger partial charge in [0.2, 0.25) is 0 Å². The zero-order valence-corrected chi connectivity index (χ0v) is 35.9. The highest BCUT2D eigenvalue weighted by atomic mass is 15.0. The highest BCUT2D eigenvalue weighted by Crippen LogP contribution is 2.72. The second-order valence-corrected chi connectivity index (χ2v) is 20.3. The van der Waals surface area contributed by atoms with E-state index in [1.807, 2.05) is 0 Å². The number of aromatic nitrogens is 3. The molecule has 7 aromatic rings. The molecule has 0 amide bonds. The summed E-state index contributed by atoms with van der Waals surface area (Å²) in [5, 5.41) is 0. The van der Waals surface area contributed by atoms with Gasteiger partial charge in [-0.1, -0.05) is 172 Å². The van der Waals surface area contributed by atoms with Crippen LogP contribution in [0.25, 0.3) is 62.0 Å². The normalized spacial score (nSPS) is 26.7. The van der Waals surface area contributed by atoms with Gasteiger partial charge >= 0.3 is 0 Å².